The third-order valence-corrected chi connectivity index (χ3v) is 5.25. The first-order valence-electron chi connectivity index (χ1n) is 9.08. The molecule has 0 unspecified atom stereocenters. The van der Waals surface area contributed by atoms with Gasteiger partial charge in [-0.25, -0.2) is 0 Å². The van der Waals surface area contributed by atoms with E-state index in [2.05, 4.69) is 20.8 Å². The number of carbonyl (C=O) groups excluding carboxylic acids is 2. The van der Waals surface area contributed by atoms with E-state index >= 15 is 0 Å². The Labute approximate surface area is 176 Å². The molecule has 3 N–H and O–H groups in total. The molecule has 8 heteroatoms. The number of H-pyrrole nitrogens is 1. The van der Waals surface area contributed by atoms with Crippen LogP contribution in [0.25, 0.3) is 11.3 Å². The van der Waals surface area contributed by atoms with Crippen molar-refractivity contribution in [2.45, 2.75) is 0 Å². The first kappa shape index (κ1) is 19.4. The zero-order valence-corrected chi connectivity index (χ0v) is 16.8. The van der Waals surface area contributed by atoms with Crippen molar-refractivity contribution in [2.75, 3.05) is 17.7 Å². The minimum Gasteiger partial charge on any atom is -0.497 e. The van der Waals surface area contributed by atoms with Crippen molar-refractivity contribution in [2.24, 2.45) is 0 Å². The summed E-state index contributed by atoms with van der Waals surface area (Å²) in [6.07, 6.45) is 1.48. The molecule has 0 radical (unpaired) electrons. The normalized spacial score (nSPS) is 10.4. The Kier molecular flexibility index (Phi) is 5.58. The second kappa shape index (κ2) is 8.62. The maximum atomic E-state index is 12.8. The van der Waals surface area contributed by atoms with Gasteiger partial charge in [0.25, 0.3) is 11.8 Å². The molecular weight excluding hydrogens is 400 g/mol. The number of thiophene rings is 1. The summed E-state index contributed by atoms with van der Waals surface area (Å²) in [5.41, 5.74) is 2.99. The van der Waals surface area contributed by atoms with Crippen molar-refractivity contribution in [3.05, 3.63) is 82.7 Å². The van der Waals surface area contributed by atoms with Crippen LogP contribution in [0.15, 0.2) is 72.2 Å². The van der Waals surface area contributed by atoms with Gasteiger partial charge in [0.15, 0.2) is 0 Å². The van der Waals surface area contributed by atoms with Gasteiger partial charge in [-0.05, 0) is 53.9 Å². The number of methoxy groups -OCH3 is 1. The predicted molar refractivity (Wildman–Crippen MR) is 117 cm³/mol. The lowest BCUT2D eigenvalue weighted by Gasteiger charge is -2.09. The van der Waals surface area contributed by atoms with E-state index in [4.69, 9.17) is 4.74 Å². The van der Waals surface area contributed by atoms with Gasteiger partial charge in [0.1, 0.15) is 5.75 Å². The van der Waals surface area contributed by atoms with Gasteiger partial charge in [-0.3, -0.25) is 14.7 Å². The molecule has 2 amide bonds. The largest absolute Gasteiger partial charge is 0.497 e. The number of rotatable bonds is 6. The van der Waals surface area contributed by atoms with E-state index in [0.717, 1.165) is 11.3 Å². The number of hydrogen-bond acceptors (Lipinski definition) is 5. The molecular formula is C22H18N4O3S. The lowest BCUT2D eigenvalue weighted by molar-refractivity contribution is 0.102. The van der Waals surface area contributed by atoms with Crippen molar-refractivity contribution >= 4 is 34.5 Å². The van der Waals surface area contributed by atoms with Gasteiger partial charge in [0.05, 0.1) is 29.4 Å². The number of hydrogen-bond donors (Lipinski definition) is 3. The van der Waals surface area contributed by atoms with Crippen LogP contribution in [0, 0.1) is 0 Å². The van der Waals surface area contributed by atoms with Crippen molar-refractivity contribution in [1.29, 1.82) is 0 Å². The Bertz CT molecular complexity index is 1170. The van der Waals surface area contributed by atoms with E-state index in [1.54, 1.807) is 37.4 Å². The first-order chi connectivity index (χ1) is 14.6. The highest BCUT2D eigenvalue weighted by molar-refractivity contribution is 7.12. The molecule has 0 fully saturated rings. The Hall–Kier alpha value is -3.91. The molecule has 7 nitrogen and oxygen atoms in total. The number of nitrogens with zero attached hydrogens (tertiary/aromatic N) is 1. The number of aromatic nitrogens is 2. The molecule has 30 heavy (non-hydrogen) atoms. The molecule has 4 aromatic rings. The summed E-state index contributed by atoms with van der Waals surface area (Å²) in [5, 5.41) is 14.4. The van der Waals surface area contributed by atoms with E-state index in [9.17, 15) is 9.59 Å². The maximum Gasteiger partial charge on any atom is 0.265 e. The molecule has 0 bridgehead atoms. The van der Waals surface area contributed by atoms with Gasteiger partial charge in [-0.1, -0.05) is 12.1 Å². The molecule has 4 rings (SSSR count). The average Bonchev–Trinajstić information content (AvgIpc) is 3.46. The monoisotopic (exact) mass is 418 g/mol. The SMILES string of the molecule is COc1ccc(-c2[nH]ncc2C(=O)Nc2cccc(NC(=O)c3cccs3)c2)cc1. The van der Waals surface area contributed by atoms with Gasteiger partial charge >= 0.3 is 0 Å². The molecule has 0 spiro atoms. The van der Waals surface area contributed by atoms with E-state index in [0.29, 0.717) is 27.5 Å². The quantitative estimate of drug-likeness (QED) is 0.425. The van der Waals surface area contributed by atoms with Crippen LogP contribution in [-0.2, 0) is 0 Å². The molecule has 2 aromatic heterocycles. The standard InChI is InChI=1S/C22H18N4O3S/c1-29-17-9-7-14(8-10-17)20-18(13-23-26-20)21(27)24-15-4-2-5-16(12-15)25-22(28)19-6-3-11-30-19/h2-13H,1H3,(H,23,26)(H,24,27)(H,25,28). The van der Waals surface area contributed by atoms with E-state index in [1.807, 2.05) is 35.7 Å². The third kappa shape index (κ3) is 4.23. The van der Waals surface area contributed by atoms with Crippen molar-refractivity contribution < 1.29 is 14.3 Å². The van der Waals surface area contributed by atoms with Crippen LogP contribution in [0.1, 0.15) is 20.0 Å². The fraction of sp³-hybridized carbons (Fsp3) is 0.0455. The minimum absolute atomic E-state index is 0.190. The molecule has 0 aliphatic carbocycles. The van der Waals surface area contributed by atoms with Crippen LogP contribution in [0.2, 0.25) is 0 Å². The number of anilines is 2. The van der Waals surface area contributed by atoms with Crippen molar-refractivity contribution in [3.63, 3.8) is 0 Å². The number of aromatic amines is 1. The Morgan fingerprint density at radius 1 is 0.967 bits per heavy atom. The molecule has 0 saturated heterocycles. The molecule has 150 valence electrons. The van der Waals surface area contributed by atoms with E-state index in [-0.39, 0.29) is 11.8 Å². The first-order valence-corrected chi connectivity index (χ1v) is 9.96. The Morgan fingerprint density at radius 3 is 2.37 bits per heavy atom. The summed E-state index contributed by atoms with van der Waals surface area (Å²) in [7, 11) is 1.60. The number of nitrogens with one attached hydrogen (secondary N) is 3. The zero-order chi connectivity index (χ0) is 20.9. The smallest absolute Gasteiger partial charge is 0.265 e. The van der Waals surface area contributed by atoms with E-state index in [1.165, 1.54) is 17.5 Å². The maximum absolute atomic E-state index is 12.8. The van der Waals surface area contributed by atoms with Crippen LogP contribution in [-0.4, -0.2) is 29.1 Å². The average molecular weight is 418 g/mol. The fourth-order valence-corrected chi connectivity index (χ4v) is 3.53. The highest BCUT2D eigenvalue weighted by Crippen LogP contribution is 2.25. The van der Waals surface area contributed by atoms with Gasteiger partial charge in [-0.15, -0.1) is 11.3 Å². The van der Waals surface area contributed by atoms with Crippen LogP contribution in [0.5, 0.6) is 5.75 Å². The number of carbonyl (C=O) groups is 2. The van der Waals surface area contributed by atoms with E-state index < -0.39 is 0 Å². The summed E-state index contributed by atoms with van der Waals surface area (Å²) in [6.45, 7) is 0. The Morgan fingerprint density at radius 2 is 1.70 bits per heavy atom. The minimum atomic E-state index is -0.309. The summed E-state index contributed by atoms with van der Waals surface area (Å²) in [5.74, 6) is 0.229. The lowest BCUT2D eigenvalue weighted by Crippen LogP contribution is -2.13. The molecule has 0 aliphatic rings. The molecule has 2 aromatic carbocycles. The second-order valence-electron chi connectivity index (χ2n) is 6.35. The molecule has 0 aliphatic heterocycles. The van der Waals surface area contributed by atoms with Crippen LogP contribution in [0.3, 0.4) is 0 Å². The molecule has 0 atom stereocenters. The van der Waals surface area contributed by atoms with Gasteiger partial charge in [-0.2, -0.15) is 5.10 Å². The highest BCUT2D eigenvalue weighted by Gasteiger charge is 2.16. The van der Waals surface area contributed by atoms with Gasteiger partial charge < -0.3 is 15.4 Å². The molecule has 0 saturated carbocycles. The zero-order valence-electron chi connectivity index (χ0n) is 16.0. The predicted octanol–water partition coefficient (Wildman–Crippen LogP) is 4.65. The van der Waals surface area contributed by atoms with Gasteiger partial charge in [0.2, 0.25) is 0 Å². The molecule has 2 heterocycles. The van der Waals surface area contributed by atoms with Crippen molar-refractivity contribution in [1.82, 2.24) is 10.2 Å². The summed E-state index contributed by atoms with van der Waals surface area (Å²) < 4.78 is 5.17. The summed E-state index contributed by atoms with van der Waals surface area (Å²) in [6, 6.07) is 17.9. The third-order valence-electron chi connectivity index (χ3n) is 4.39. The Balaban J connectivity index is 1.49. The topological polar surface area (TPSA) is 96.1 Å². The fourth-order valence-electron chi connectivity index (χ4n) is 2.91. The van der Waals surface area contributed by atoms with Crippen LogP contribution >= 0.6 is 11.3 Å². The second-order valence-corrected chi connectivity index (χ2v) is 7.30. The number of benzene rings is 2. The number of ether oxygens (including phenoxy) is 1. The van der Waals surface area contributed by atoms with Crippen LogP contribution < -0.4 is 15.4 Å². The van der Waals surface area contributed by atoms with Gasteiger partial charge in [0, 0.05) is 16.9 Å². The lowest BCUT2D eigenvalue weighted by atomic mass is 10.1. The highest BCUT2D eigenvalue weighted by atomic mass is 32.1. The number of amides is 2. The summed E-state index contributed by atoms with van der Waals surface area (Å²) in [4.78, 5) is 25.7. The summed E-state index contributed by atoms with van der Waals surface area (Å²) >= 11 is 1.37. The van der Waals surface area contributed by atoms with Crippen molar-refractivity contribution in [3.8, 4) is 17.0 Å². The van der Waals surface area contributed by atoms with Crippen LogP contribution in [0.4, 0.5) is 11.4 Å².